The molecule has 0 amide bonds. The van der Waals surface area contributed by atoms with E-state index in [0.717, 1.165) is 18.4 Å². The predicted molar refractivity (Wildman–Crippen MR) is 87.7 cm³/mol. The number of hydrogen-bond donors (Lipinski definition) is 0. The molecule has 0 N–H and O–H groups in total. The van der Waals surface area contributed by atoms with Crippen LogP contribution in [0.2, 0.25) is 0 Å². The van der Waals surface area contributed by atoms with E-state index in [9.17, 15) is 10.1 Å². The molecule has 0 unspecified atom stereocenters. The van der Waals surface area contributed by atoms with Gasteiger partial charge in [0.2, 0.25) is 0 Å². The van der Waals surface area contributed by atoms with Gasteiger partial charge in [-0.2, -0.15) is 5.26 Å². The molecule has 1 aromatic carbocycles. The molecular formula is C19H25NO3. The number of esters is 1. The SMILES string of the molecule is CCOC(=O)[C@H](C#N)[C@H](c1ccccc1)[C@@H]1CCOC(C)(C)C1. The molecule has 4 nitrogen and oxygen atoms in total. The number of carbonyl (C=O) groups excluding carboxylic acids is 1. The van der Waals surface area contributed by atoms with Crippen LogP contribution in [0.15, 0.2) is 30.3 Å². The summed E-state index contributed by atoms with van der Waals surface area (Å²) in [4.78, 5) is 12.3. The number of carbonyl (C=O) groups is 1. The molecule has 124 valence electrons. The van der Waals surface area contributed by atoms with Gasteiger partial charge in [-0.15, -0.1) is 0 Å². The minimum atomic E-state index is -0.781. The molecule has 0 bridgehead atoms. The van der Waals surface area contributed by atoms with Crippen molar-refractivity contribution in [1.82, 2.24) is 0 Å². The van der Waals surface area contributed by atoms with E-state index < -0.39 is 11.9 Å². The summed E-state index contributed by atoms with van der Waals surface area (Å²) in [5.74, 6) is -1.15. The average Bonchev–Trinajstić information content (AvgIpc) is 2.52. The Hall–Kier alpha value is -1.86. The maximum Gasteiger partial charge on any atom is 0.323 e. The quantitative estimate of drug-likeness (QED) is 0.778. The van der Waals surface area contributed by atoms with Gasteiger partial charge in [0.1, 0.15) is 0 Å². The molecule has 1 saturated heterocycles. The van der Waals surface area contributed by atoms with E-state index in [1.165, 1.54) is 0 Å². The molecule has 23 heavy (non-hydrogen) atoms. The van der Waals surface area contributed by atoms with Gasteiger partial charge in [-0.25, -0.2) is 0 Å². The lowest BCUT2D eigenvalue weighted by atomic mass is 9.71. The fourth-order valence-corrected chi connectivity index (χ4v) is 3.51. The monoisotopic (exact) mass is 315 g/mol. The number of hydrogen-bond acceptors (Lipinski definition) is 4. The highest BCUT2D eigenvalue weighted by Crippen LogP contribution is 2.42. The van der Waals surface area contributed by atoms with Gasteiger partial charge in [0, 0.05) is 12.5 Å². The zero-order valence-electron chi connectivity index (χ0n) is 14.1. The highest BCUT2D eigenvalue weighted by atomic mass is 16.5. The van der Waals surface area contributed by atoms with Crippen molar-refractivity contribution in [3.8, 4) is 6.07 Å². The molecule has 4 heteroatoms. The Bertz CT molecular complexity index is 562. The number of nitrogens with zero attached hydrogens (tertiary/aromatic N) is 1. The van der Waals surface area contributed by atoms with E-state index in [1.807, 2.05) is 30.3 Å². The summed E-state index contributed by atoms with van der Waals surface area (Å²) in [6.07, 6.45) is 1.67. The van der Waals surface area contributed by atoms with Crippen molar-refractivity contribution >= 4 is 5.97 Å². The van der Waals surface area contributed by atoms with Crippen LogP contribution in [0.4, 0.5) is 0 Å². The second-order valence-electron chi connectivity index (χ2n) is 6.66. The number of rotatable bonds is 5. The van der Waals surface area contributed by atoms with E-state index in [-0.39, 0.29) is 24.0 Å². The fourth-order valence-electron chi connectivity index (χ4n) is 3.51. The molecule has 3 atom stereocenters. The van der Waals surface area contributed by atoms with E-state index >= 15 is 0 Å². The average molecular weight is 315 g/mol. The summed E-state index contributed by atoms with van der Waals surface area (Å²) < 4.78 is 11.0. The Balaban J connectivity index is 2.36. The van der Waals surface area contributed by atoms with E-state index in [0.29, 0.717) is 6.61 Å². The summed E-state index contributed by atoms with van der Waals surface area (Å²) in [5.41, 5.74) is 0.791. The van der Waals surface area contributed by atoms with Crippen LogP contribution in [0, 0.1) is 23.2 Å². The minimum absolute atomic E-state index is 0.163. The summed E-state index contributed by atoms with van der Waals surface area (Å²) in [6.45, 7) is 6.83. The molecule has 2 rings (SSSR count). The molecule has 0 saturated carbocycles. The first-order chi connectivity index (χ1) is 11.0. The van der Waals surface area contributed by atoms with E-state index in [2.05, 4.69) is 19.9 Å². The Morgan fingerprint density at radius 3 is 2.70 bits per heavy atom. The molecule has 0 radical (unpaired) electrons. The summed E-state index contributed by atoms with van der Waals surface area (Å²) in [6, 6.07) is 12.0. The Kier molecular flexibility index (Phi) is 5.79. The van der Waals surface area contributed by atoms with Gasteiger partial charge in [-0.1, -0.05) is 30.3 Å². The molecule has 1 fully saturated rings. The van der Waals surface area contributed by atoms with Crippen molar-refractivity contribution in [3.05, 3.63) is 35.9 Å². The standard InChI is InChI=1S/C19H25NO3/c1-4-22-18(21)16(13-20)17(14-8-6-5-7-9-14)15-10-11-23-19(2,3)12-15/h5-9,15-17H,4,10-12H2,1-3H3/t15-,16-,17-/m1/s1. The van der Waals surface area contributed by atoms with Crippen molar-refractivity contribution in [2.24, 2.45) is 11.8 Å². The lowest BCUT2D eigenvalue weighted by Crippen LogP contribution is -2.39. The number of ether oxygens (including phenoxy) is 2. The lowest BCUT2D eigenvalue weighted by Gasteiger charge is -2.40. The van der Waals surface area contributed by atoms with Gasteiger partial charge in [0.15, 0.2) is 5.92 Å². The van der Waals surface area contributed by atoms with Crippen molar-refractivity contribution in [2.45, 2.75) is 45.1 Å². The Morgan fingerprint density at radius 1 is 1.43 bits per heavy atom. The Labute approximate surface area is 138 Å². The molecule has 0 spiro atoms. The van der Waals surface area contributed by atoms with Gasteiger partial charge >= 0.3 is 5.97 Å². The van der Waals surface area contributed by atoms with Crippen LogP contribution < -0.4 is 0 Å². The van der Waals surface area contributed by atoms with Crippen molar-refractivity contribution in [2.75, 3.05) is 13.2 Å². The summed E-state index contributed by atoms with van der Waals surface area (Å²) in [7, 11) is 0. The first-order valence-electron chi connectivity index (χ1n) is 8.23. The first-order valence-corrected chi connectivity index (χ1v) is 8.23. The third kappa shape index (κ3) is 4.33. The van der Waals surface area contributed by atoms with Crippen LogP contribution in [0.5, 0.6) is 0 Å². The first kappa shape index (κ1) is 17.5. The highest BCUT2D eigenvalue weighted by molar-refractivity contribution is 5.76. The molecule has 0 aliphatic carbocycles. The van der Waals surface area contributed by atoms with Gasteiger partial charge in [-0.05, 0) is 45.1 Å². The lowest BCUT2D eigenvalue weighted by molar-refractivity contribution is -0.148. The van der Waals surface area contributed by atoms with Gasteiger partial charge in [0.25, 0.3) is 0 Å². The van der Waals surface area contributed by atoms with Gasteiger partial charge in [0.05, 0.1) is 18.3 Å². The zero-order valence-corrected chi connectivity index (χ0v) is 14.1. The molecule has 1 heterocycles. The predicted octanol–water partition coefficient (Wildman–Crippen LogP) is 3.68. The third-order valence-electron chi connectivity index (χ3n) is 4.47. The largest absolute Gasteiger partial charge is 0.465 e. The topological polar surface area (TPSA) is 59.3 Å². The smallest absolute Gasteiger partial charge is 0.323 e. The van der Waals surface area contributed by atoms with Crippen LogP contribution in [-0.2, 0) is 14.3 Å². The van der Waals surface area contributed by atoms with Crippen molar-refractivity contribution in [3.63, 3.8) is 0 Å². The summed E-state index contributed by atoms with van der Waals surface area (Å²) >= 11 is 0. The van der Waals surface area contributed by atoms with Crippen LogP contribution in [0.3, 0.4) is 0 Å². The normalized spacial score (nSPS) is 22.6. The maximum absolute atomic E-state index is 12.3. The molecule has 1 aromatic rings. The van der Waals surface area contributed by atoms with Crippen molar-refractivity contribution in [1.29, 1.82) is 5.26 Å². The van der Waals surface area contributed by atoms with Crippen LogP contribution in [0.25, 0.3) is 0 Å². The third-order valence-corrected chi connectivity index (χ3v) is 4.47. The van der Waals surface area contributed by atoms with Crippen LogP contribution in [0.1, 0.15) is 45.1 Å². The molecule has 0 aromatic heterocycles. The summed E-state index contributed by atoms with van der Waals surface area (Å²) in [5, 5.41) is 9.63. The maximum atomic E-state index is 12.3. The molecular weight excluding hydrogens is 290 g/mol. The second-order valence-corrected chi connectivity index (χ2v) is 6.66. The van der Waals surface area contributed by atoms with Gasteiger partial charge in [-0.3, -0.25) is 4.79 Å². The van der Waals surface area contributed by atoms with E-state index in [1.54, 1.807) is 6.92 Å². The second kappa shape index (κ2) is 7.61. The number of benzene rings is 1. The minimum Gasteiger partial charge on any atom is -0.465 e. The molecule has 1 aliphatic rings. The zero-order chi connectivity index (χ0) is 16.9. The Morgan fingerprint density at radius 2 is 2.13 bits per heavy atom. The van der Waals surface area contributed by atoms with E-state index in [4.69, 9.17) is 9.47 Å². The van der Waals surface area contributed by atoms with Crippen LogP contribution >= 0.6 is 0 Å². The molecule has 1 aliphatic heterocycles. The van der Waals surface area contributed by atoms with Crippen LogP contribution in [-0.4, -0.2) is 24.8 Å². The fraction of sp³-hybridized carbons (Fsp3) is 0.579. The number of nitriles is 1. The highest BCUT2D eigenvalue weighted by Gasteiger charge is 2.41. The van der Waals surface area contributed by atoms with Crippen molar-refractivity contribution < 1.29 is 14.3 Å². The van der Waals surface area contributed by atoms with Gasteiger partial charge < -0.3 is 9.47 Å².